The predicted octanol–water partition coefficient (Wildman–Crippen LogP) is 3.29. The number of hydrogen-bond acceptors (Lipinski definition) is 4. The van der Waals surface area contributed by atoms with E-state index in [1.807, 2.05) is 36.7 Å². The van der Waals surface area contributed by atoms with Gasteiger partial charge in [-0.1, -0.05) is 31.2 Å². The molecule has 0 amide bonds. The molecule has 0 saturated carbocycles. The van der Waals surface area contributed by atoms with Crippen LogP contribution in [0.5, 0.6) is 5.75 Å². The Kier molecular flexibility index (Phi) is 6.74. The highest BCUT2D eigenvalue weighted by Crippen LogP contribution is 2.21. The lowest BCUT2D eigenvalue weighted by Crippen LogP contribution is -2.12. The van der Waals surface area contributed by atoms with Gasteiger partial charge in [-0.25, -0.2) is 4.99 Å². The van der Waals surface area contributed by atoms with E-state index in [-0.39, 0.29) is 0 Å². The van der Waals surface area contributed by atoms with E-state index in [1.165, 1.54) is 11.8 Å². The summed E-state index contributed by atoms with van der Waals surface area (Å²) in [5, 5.41) is 11.7. The summed E-state index contributed by atoms with van der Waals surface area (Å²) in [6, 6.07) is 7.54. The number of amidine groups is 1. The average Bonchev–Trinajstić information content (AvgIpc) is 2.39. The van der Waals surface area contributed by atoms with Crippen molar-refractivity contribution in [1.82, 2.24) is 5.32 Å². The fraction of sp³-hybridized carbons (Fsp3) is 0.385. The van der Waals surface area contributed by atoms with Crippen molar-refractivity contribution < 1.29 is 4.74 Å². The Labute approximate surface area is 112 Å². The molecule has 0 aliphatic carbocycles. The molecule has 0 aromatic heterocycles. The lowest BCUT2D eigenvalue weighted by molar-refractivity contribution is 0.309. The van der Waals surface area contributed by atoms with Crippen molar-refractivity contribution in [2.24, 2.45) is 4.99 Å². The fourth-order valence-electron chi connectivity index (χ4n) is 1.27. The molecule has 5 heteroatoms. The smallest absolute Gasteiger partial charge is 0.183 e. The van der Waals surface area contributed by atoms with Crippen LogP contribution in [0.1, 0.15) is 19.8 Å². The minimum Gasteiger partial charge on any atom is -0.494 e. The molecule has 0 unspecified atom stereocenters. The molecule has 0 aliphatic heterocycles. The van der Waals surface area contributed by atoms with Crippen LogP contribution in [-0.2, 0) is 0 Å². The van der Waals surface area contributed by atoms with E-state index in [1.54, 1.807) is 0 Å². The summed E-state index contributed by atoms with van der Waals surface area (Å²) in [7, 11) is 0. The van der Waals surface area contributed by atoms with Crippen molar-refractivity contribution in [3.63, 3.8) is 0 Å². The second-order valence-corrected chi connectivity index (χ2v) is 4.35. The van der Waals surface area contributed by atoms with Gasteiger partial charge in [0, 0.05) is 6.07 Å². The van der Waals surface area contributed by atoms with Gasteiger partial charge in [-0.05, 0) is 24.8 Å². The topological polar surface area (TPSA) is 57.4 Å². The summed E-state index contributed by atoms with van der Waals surface area (Å²) in [5.41, 5.74) is 0.774. The predicted molar refractivity (Wildman–Crippen MR) is 76.2 cm³/mol. The van der Waals surface area contributed by atoms with Gasteiger partial charge in [0.1, 0.15) is 5.75 Å². The molecule has 1 rings (SSSR count). The van der Waals surface area contributed by atoms with E-state index in [4.69, 9.17) is 10.00 Å². The summed E-state index contributed by atoms with van der Waals surface area (Å²) in [6.45, 7) is 2.85. The van der Waals surface area contributed by atoms with Gasteiger partial charge in [0.25, 0.3) is 0 Å². The van der Waals surface area contributed by atoms with E-state index in [9.17, 15) is 0 Å². The van der Waals surface area contributed by atoms with Gasteiger partial charge in [0.05, 0.1) is 12.3 Å². The molecule has 4 nitrogen and oxygen atoms in total. The molecule has 0 bridgehead atoms. The van der Waals surface area contributed by atoms with Crippen molar-refractivity contribution in [2.75, 3.05) is 12.9 Å². The Morgan fingerprint density at radius 3 is 3.06 bits per heavy atom. The first kappa shape index (κ1) is 14.4. The molecule has 1 aromatic rings. The molecule has 0 heterocycles. The third-order valence-electron chi connectivity index (χ3n) is 2.17. The Bertz CT molecular complexity index is 440. The second kappa shape index (κ2) is 8.43. The summed E-state index contributed by atoms with van der Waals surface area (Å²) in [4.78, 5) is 4.32. The number of ether oxygens (including phenoxy) is 1. The molecule has 0 spiro atoms. The fourth-order valence-corrected chi connectivity index (χ4v) is 1.61. The first-order valence-corrected chi connectivity index (χ1v) is 7.03. The lowest BCUT2D eigenvalue weighted by Gasteiger charge is -2.06. The Hall–Kier alpha value is -1.67. The van der Waals surface area contributed by atoms with E-state index >= 15 is 0 Å². The molecule has 0 radical (unpaired) electrons. The van der Waals surface area contributed by atoms with E-state index in [0.29, 0.717) is 5.17 Å². The number of benzene rings is 1. The molecule has 18 heavy (non-hydrogen) atoms. The number of aliphatic imine (C=N–C) groups is 1. The van der Waals surface area contributed by atoms with Crippen LogP contribution in [0.4, 0.5) is 5.69 Å². The van der Waals surface area contributed by atoms with Crippen LogP contribution in [0.3, 0.4) is 0 Å². The summed E-state index contributed by atoms with van der Waals surface area (Å²) < 4.78 is 5.60. The van der Waals surface area contributed by atoms with Crippen LogP contribution in [0.15, 0.2) is 29.3 Å². The van der Waals surface area contributed by atoms with Crippen molar-refractivity contribution >= 4 is 22.6 Å². The number of unbranched alkanes of at least 4 members (excludes halogenated alkanes) is 1. The van der Waals surface area contributed by atoms with Gasteiger partial charge in [-0.2, -0.15) is 5.26 Å². The number of thioether (sulfide) groups is 1. The van der Waals surface area contributed by atoms with Crippen molar-refractivity contribution in [2.45, 2.75) is 19.8 Å². The first-order valence-electron chi connectivity index (χ1n) is 5.80. The highest BCUT2D eigenvalue weighted by atomic mass is 32.2. The third-order valence-corrected chi connectivity index (χ3v) is 2.75. The zero-order valence-corrected chi connectivity index (χ0v) is 11.5. The van der Waals surface area contributed by atoms with Gasteiger partial charge >= 0.3 is 0 Å². The van der Waals surface area contributed by atoms with Gasteiger partial charge in [0.2, 0.25) is 0 Å². The molecule has 1 N–H and O–H groups in total. The van der Waals surface area contributed by atoms with Gasteiger partial charge in [-0.15, -0.1) is 0 Å². The number of hydrogen-bond donors (Lipinski definition) is 1. The van der Waals surface area contributed by atoms with Gasteiger partial charge in [-0.3, -0.25) is 5.32 Å². The summed E-state index contributed by atoms with van der Waals surface area (Å²) in [5.74, 6) is 0.808. The molecule has 0 atom stereocenters. The maximum Gasteiger partial charge on any atom is 0.183 e. The van der Waals surface area contributed by atoms with Crippen LogP contribution in [0.2, 0.25) is 0 Å². The second-order valence-electron chi connectivity index (χ2n) is 3.56. The Morgan fingerprint density at radius 2 is 2.39 bits per heavy atom. The van der Waals surface area contributed by atoms with Crippen LogP contribution in [0.25, 0.3) is 0 Å². The van der Waals surface area contributed by atoms with Crippen molar-refractivity contribution in [3.8, 4) is 11.9 Å². The third kappa shape index (κ3) is 5.11. The monoisotopic (exact) mass is 263 g/mol. The van der Waals surface area contributed by atoms with E-state index in [0.717, 1.165) is 30.9 Å². The van der Waals surface area contributed by atoms with Crippen LogP contribution < -0.4 is 10.1 Å². The zero-order valence-electron chi connectivity index (χ0n) is 10.6. The van der Waals surface area contributed by atoms with Gasteiger partial charge in [0.15, 0.2) is 11.4 Å². The van der Waals surface area contributed by atoms with Crippen LogP contribution >= 0.6 is 11.8 Å². The zero-order chi connectivity index (χ0) is 13.2. The molecule has 1 aromatic carbocycles. The normalized spacial score (nSPS) is 10.8. The molecular formula is C13H17N3OS. The standard InChI is InChI=1S/C13H17N3OS/c1-3-4-8-17-12-7-5-6-11(9-12)16-13(18-2)15-10-14/h5-7,9H,3-4,8H2,1-2H3,(H,15,16). The maximum absolute atomic E-state index is 8.56. The quantitative estimate of drug-likeness (QED) is 0.291. The molecular weight excluding hydrogens is 246 g/mol. The largest absolute Gasteiger partial charge is 0.494 e. The van der Waals surface area contributed by atoms with Crippen LogP contribution in [-0.4, -0.2) is 18.0 Å². The minimum atomic E-state index is 0.572. The van der Waals surface area contributed by atoms with Crippen molar-refractivity contribution in [1.29, 1.82) is 5.26 Å². The van der Waals surface area contributed by atoms with Crippen molar-refractivity contribution in [3.05, 3.63) is 24.3 Å². The number of nitrogens with zero attached hydrogens (tertiary/aromatic N) is 2. The highest BCUT2D eigenvalue weighted by Gasteiger charge is 1.99. The number of nitrogens with one attached hydrogen (secondary N) is 1. The average molecular weight is 263 g/mol. The van der Waals surface area contributed by atoms with Gasteiger partial charge < -0.3 is 4.74 Å². The SMILES string of the molecule is CCCCOc1cccc(N=C(NC#N)SC)c1. The lowest BCUT2D eigenvalue weighted by atomic mass is 10.3. The Morgan fingerprint density at radius 1 is 1.56 bits per heavy atom. The van der Waals surface area contributed by atoms with E-state index < -0.39 is 0 Å². The van der Waals surface area contributed by atoms with Crippen LogP contribution in [0, 0.1) is 11.5 Å². The molecule has 0 fully saturated rings. The summed E-state index contributed by atoms with van der Waals surface area (Å²) >= 11 is 1.39. The molecule has 0 aliphatic rings. The summed E-state index contributed by atoms with van der Waals surface area (Å²) in [6.07, 6.45) is 5.88. The van der Waals surface area contributed by atoms with E-state index in [2.05, 4.69) is 17.2 Å². The number of rotatable bonds is 5. The highest BCUT2D eigenvalue weighted by molar-refractivity contribution is 8.13. The maximum atomic E-state index is 8.56. The first-order chi connectivity index (χ1) is 8.80. The molecule has 0 saturated heterocycles. The Balaban J connectivity index is 2.72. The number of nitriles is 1. The minimum absolute atomic E-state index is 0.572. The molecule has 96 valence electrons.